The van der Waals surface area contributed by atoms with Crippen molar-refractivity contribution in [1.29, 1.82) is 0 Å². The van der Waals surface area contributed by atoms with E-state index in [-0.39, 0.29) is 23.7 Å². The molecule has 1 aliphatic heterocycles. The van der Waals surface area contributed by atoms with E-state index in [1.165, 1.54) is 4.90 Å². The molecule has 3 aromatic rings. The molecule has 190 valence electrons. The zero-order valence-corrected chi connectivity index (χ0v) is 20.9. The van der Waals surface area contributed by atoms with Gasteiger partial charge in [-0.25, -0.2) is 9.59 Å². The molecule has 10 heteroatoms. The summed E-state index contributed by atoms with van der Waals surface area (Å²) in [5, 5.41) is 13.1. The van der Waals surface area contributed by atoms with Gasteiger partial charge in [0.25, 0.3) is 6.01 Å². The molecule has 1 atom stereocenters. The van der Waals surface area contributed by atoms with E-state index < -0.39 is 23.3 Å². The molecule has 1 aliphatic rings. The highest BCUT2D eigenvalue weighted by Gasteiger charge is 2.30. The minimum atomic E-state index is -1.12. The van der Waals surface area contributed by atoms with Crippen LogP contribution in [0.3, 0.4) is 0 Å². The molecule has 2 N–H and O–H groups in total. The van der Waals surface area contributed by atoms with Crippen molar-refractivity contribution in [3.05, 3.63) is 58.2 Å². The van der Waals surface area contributed by atoms with Crippen molar-refractivity contribution in [2.45, 2.75) is 58.5 Å². The smallest absolute Gasteiger partial charge is 0.412 e. The van der Waals surface area contributed by atoms with Crippen molar-refractivity contribution >= 4 is 34.6 Å². The molecule has 1 saturated heterocycles. The van der Waals surface area contributed by atoms with E-state index in [0.29, 0.717) is 16.8 Å². The van der Waals surface area contributed by atoms with Crippen molar-refractivity contribution in [2.75, 3.05) is 23.3 Å². The number of hydrogen-bond donors (Lipinski definition) is 2. The Balaban J connectivity index is 1.70. The zero-order chi connectivity index (χ0) is 26.0. The quantitative estimate of drug-likeness (QED) is 0.519. The lowest BCUT2D eigenvalue weighted by molar-refractivity contribution is -0.130. The third kappa shape index (κ3) is 5.17. The minimum absolute atomic E-state index is 0.00779. The maximum Gasteiger partial charge on any atom is 0.412 e. The second-order valence-corrected chi connectivity index (χ2v) is 9.97. The molecule has 0 unspecified atom stereocenters. The van der Waals surface area contributed by atoms with Gasteiger partial charge in [-0.05, 0) is 69.9 Å². The molecular formula is C26H31N5O5. The fraction of sp³-hybridized carbons (Fsp3) is 0.423. The summed E-state index contributed by atoms with van der Waals surface area (Å²) in [5.74, 6) is 0.00779. The number of anilines is 2. The normalized spacial score (nSPS) is 14.6. The van der Waals surface area contributed by atoms with Crippen LogP contribution in [0.25, 0.3) is 10.9 Å². The SMILES string of the molecule is Cc1c(N(C(=O)O)C(C)(C)C)ccc2nc(N[C@@H](CC(=O)N3CCCC3)c3cccnc3)oc(=O)c12. The number of aromatic nitrogens is 2. The van der Waals surface area contributed by atoms with E-state index in [9.17, 15) is 19.5 Å². The molecule has 0 saturated carbocycles. The highest BCUT2D eigenvalue weighted by atomic mass is 16.4. The van der Waals surface area contributed by atoms with Gasteiger partial charge in [-0.3, -0.25) is 14.7 Å². The van der Waals surface area contributed by atoms with E-state index in [1.807, 2.05) is 11.0 Å². The number of carbonyl (C=O) groups is 2. The standard InChI is InChI=1S/C26H31N5O5/c1-16-20(31(25(34)35)26(2,3)4)10-9-18-22(16)23(33)36-24(28-18)29-19(17-8-7-11-27-15-17)14-21(32)30-12-5-6-13-30/h7-11,15,19H,5-6,12-14H2,1-4H3,(H,28,29)(H,34,35)/t19-/m0/s1. The number of rotatable bonds is 6. The number of nitrogens with one attached hydrogen (secondary N) is 1. The average molecular weight is 494 g/mol. The van der Waals surface area contributed by atoms with E-state index in [2.05, 4.69) is 15.3 Å². The number of pyridine rings is 1. The van der Waals surface area contributed by atoms with Gasteiger partial charge < -0.3 is 19.7 Å². The van der Waals surface area contributed by atoms with Gasteiger partial charge in [0, 0.05) is 31.0 Å². The van der Waals surface area contributed by atoms with Gasteiger partial charge in [0.2, 0.25) is 5.91 Å². The Bertz CT molecular complexity index is 1330. The molecule has 10 nitrogen and oxygen atoms in total. The molecule has 0 spiro atoms. The molecule has 1 aromatic carbocycles. The maximum atomic E-state index is 13.1. The molecule has 2 amide bonds. The van der Waals surface area contributed by atoms with Gasteiger partial charge >= 0.3 is 11.7 Å². The maximum absolute atomic E-state index is 13.1. The Morgan fingerprint density at radius 2 is 1.94 bits per heavy atom. The van der Waals surface area contributed by atoms with Crippen LogP contribution in [0.1, 0.15) is 57.2 Å². The number of likely N-dealkylation sites (tertiary alicyclic amines) is 1. The van der Waals surface area contributed by atoms with E-state index in [1.54, 1.807) is 58.3 Å². The van der Waals surface area contributed by atoms with Crippen molar-refractivity contribution in [1.82, 2.24) is 14.9 Å². The highest BCUT2D eigenvalue weighted by Crippen LogP contribution is 2.32. The van der Waals surface area contributed by atoms with Crippen LogP contribution in [0.15, 0.2) is 45.9 Å². The van der Waals surface area contributed by atoms with Gasteiger partial charge in [0.1, 0.15) is 0 Å². The van der Waals surface area contributed by atoms with Crippen LogP contribution >= 0.6 is 0 Å². The van der Waals surface area contributed by atoms with Gasteiger partial charge in [0.05, 0.1) is 29.1 Å². The lowest BCUT2D eigenvalue weighted by atomic mass is 10.0. The summed E-state index contributed by atoms with van der Waals surface area (Å²) in [4.78, 5) is 49.6. The van der Waals surface area contributed by atoms with Gasteiger partial charge in [0.15, 0.2) is 0 Å². The van der Waals surface area contributed by atoms with Crippen LogP contribution in [0.5, 0.6) is 0 Å². The largest absolute Gasteiger partial charge is 0.465 e. The first-order chi connectivity index (χ1) is 17.1. The fourth-order valence-corrected chi connectivity index (χ4v) is 4.62. The van der Waals surface area contributed by atoms with Crippen LogP contribution in [0.2, 0.25) is 0 Å². The van der Waals surface area contributed by atoms with Crippen LogP contribution in [-0.4, -0.2) is 50.6 Å². The molecule has 0 aliphatic carbocycles. The van der Waals surface area contributed by atoms with Crippen LogP contribution < -0.4 is 15.8 Å². The lowest BCUT2D eigenvalue weighted by Gasteiger charge is -2.34. The van der Waals surface area contributed by atoms with Gasteiger partial charge in [-0.2, -0.15) is 4.98 Å². The van der Waals surface area contributed by atoms with Crippen molar-refractivity contribution in [3.63, 3.8) is 0 Å². The first-order valence-electron chi connectivity index (χ1n) is 12.0. The molecule has 3 heterocycles. The number of carbonyl (C=O) groups excluding carboxylic acids is 1. The van der Waals surface area contributed by atoms with Crippen molar-refractivity contribution < 1.29 is 19.1 Å². The Morgan fingerprint density at radius 1 is 1.22 bits per heavy atom. The topological polar surface area (TPSA) is 129 Å². The number of aryl methyl sites for hydroxylation is 1. The number of carboxylic acid groups (broad SMARTS) is 1. The molecule has 0 bridgehead atoms. The van der Waals surface area contributed by atoms with E-state index >= 15 is 0 Å². The van der Waals surface area contributed by atoms with E-state index in [4.69, 9.17) is 4.42 Å². The highest BCUT2D eigenvalue weighted by molar-refractivity contribution is 5.94. The Labute approximate surface area is 209 Å². The van der Waals surface area contributed by atoms with Crippen molar-refractivity contribution in [2.24, 2.45) is 0 Å². The molecule has 2 aromatic heterocycles. The molecule has 4 rings (SSSR count). The zero-order valence-electron chi connectivity index (χ0n) is 20.9. The average Bonchev–Trinajstić information content (AvgIpc) is 3.35. The van der Waals surface area contributed by atoms with Crippen molar-refractivity contribution in [3.8, 4) is 0 Å². The summed E-state index contributed by atoms with van der Waals surface area (Å²) < 4.78 is 5.52. The summed E-state index contributed by atoms with van der Waals surface area (Å²) in [7, 11) is 0. The van der Waals surface area contributed by atoms with Crippen LogP contribution in [0.4, 0.5) is 16.5 Å². The first-order valence-corrected chi connectivity index (χ1v) is 12.0. The number of fused-ring (bicyclic) bond motifs is 1. The Kier molecular flexibility index (Phi) is 6.96. The monoisotopic (exact) mass is 493 g/mol. The summed E-state index contributed by atoms with van der Waals surface area (Å²) in [6.07, 6.45) is 4.34. The third-order valence-corrected chi connectivity index (χ3v) is 6.35. The van der Waals surface area contributed by atoms with Crippen LogP contribution in [-0.2, 0) is 4.79 Å². The minimum Gasteiger partial charge on any atom is -0.465 e. The van der Waals surface area contributed by atoms with Gasteiger partial charge in [-0.15, -0.1) is 0 Å². The summed E-state index contributed by atoms with van der Waals surface area (Å²) in [6, 6.07) is 6.36. The number of benzene rings is 1. The molecule has 36 heavy (non-hydrogen) atoms. The number of nitrogens with zero attached hydrogens (tertiary/aromatic N) is 4. The predicted molar refractivity (Wildman–Crippen MR) is 136 cm³/mol. The summed E-state index contributed by atoms with van der Waals surface area (Å²) >= 11 is 0. The second-order valence-electron chi connectivity index (χ2n) is 9.97. The first kappa shape index (κ1) is 25.2. The number of hydrogen-bond acceptors (Lipinski definition) is 7. The summed E-state index contributed by atoms with van der Waals surface area (Å²) in [6.45, 7) is 8.50. The second kappa shape index (κ2) is 9.96. The fourth-order valence-electron chi connectivity index (χ4n) is 4.62. The molecular weight excluding hydrogens is 462 g/mol. The molecule has 1 fully saturated rings. The van der Waals surface area contributed by atoms with Gasteiger partial charge in [-0.1, -0.05) is 6.07 Å². The lowest BCUT2D eigenvalue weighted by Crippen LogP contribution is -2.45. The molecule has 0 radical (unpaired) electrons. The van der Waals surface area contributed by atoms with E-state index in [0.717, 1.165) is 31.5 Å². The Hall–Kier alpha value is -3.95. The summed E-state index contributed by atoms with van der Waals surface area (Å²) in [5.41, 5.74) is 0.621. The third-order valence-electron chi connectivity index (χ3n) is 6.35. The predicted octanol–water partition coefficient (Wildman–Crippen LogP) is 4.34. The Morgan fingerprint density at radius 3 is 2.56 bits per heavy atom. The van der Waals surface area contributed by atoms with Crippen LogP contribution in [0, 0.1) is 6.92 Å². The number of amides is 2.